The van der Waals surface area contributed by atoms with Gasteiger partial charge in [-0.1, -0.05) is 30.3 Å². The van der Waals surface area contributed by atoms with Gasteiger partial charge in [-0.05, 0) is 42.7 Å². The van der Waals surface area contributed by atoms with E-state index in [9.17, 15) is 4.79 Å². The zero-order chi connectivity index (χ0) is 17.9. The lowest BCUT2D eigenvalue weighted by Gasteiger charge is -2.36. The predicted molar refractivity (Wildman–Crippen MR) is 105 cm³/mol. The van der Waals surface area contributed by atoms with Crippen LogP contribution in [0.3, 0.4) is 0 Å². The lowest BCUT2D eigenvalue weighted by atomic mass is 9.94. The molecule has 138 valence electrons. The maximum absolute atomic E-state index is 13.0. The SMILES string of the molecule is CSCc1ccc(C(=O)N2C[C@H]3CC[C@@H](C2)N(Cc2ccccc2)C3)o1. The fourth-order valence-electron chi connectivity index (χ4n) is 4.22. The Labute approximate surface area is 159 Å². The minimum absolute atomic E-state index is 0.0517. The molecule has 3 saturated heterocycles. The highest BCUT2D eigenvalue weighted by atomic mass is 32.2. The topological polar surface area (TPSA) is 36.7 Å². The molecule has 2 atom stereocenters. The number of rotatable bonds is 5. The summed E-state index contributed by atoms with van der Waals surface area (Å²) in [6.07, 6.45) is 4.44. The molecule has 2 bridgehead atoms. The predicted octanol–water partition coefficient (Wildman–Crippen LogP) is 3.88. The number of furan rings is 1. The molecule has 0 unspecified atom stereocenters. The van der Waals surface area contributed by atoms with Gasteiger partial charge in [-0.2, -0.15) is 11.8 Å². The van der Waals surface area contributed by atoms with Crippen LogP contribution >= 0.6 is 11.8 Å². The molecule has 0 aliphatic carbocycles. The van der Waals surface area contributed by atoms with Crippen LogP contribution in [-0.2, 0) is 12.3 Å². The summed E-state index contributed by atoms with van der Waals surface area (Å²) in [5, 5.41) is 0. The second-order valence-electron chi connectivity index (χ2n) is 7.42. The van der Waals surface area contributed by atoms with E-state index in [1.54, 1.807) is 11.8 Å². The van der Waals surface area contributed by atoms with E-state index in [-0.39, 0.29) is 5.91 Å². The number of nitrogens with zero attached hydrogens (tertiary/aromatic N) is 2. The Morgan fingerprint density at radius 3 is 2.77 bits per heavy atom. The summed E-state index contributed by atoms with van der Waals surface area (Å²) < 4.78 is 5.77. The molecular formula is C21H26N2O2S. The quantitative estimate of drug-likeness (QED) is 0.800. The van der Waals surface area contributed by atoms with Crippen LogP contribution in [0.15, 0.2) is 46.9 Å². The Morgan fingerprint density at radius 2 is 1.96 bits per heavy atom. The van der Waals surface area contributed by atoms with E-state index >= 15 is 0 Å². The fourth-order valence-corrected chi connectivity index (χ4v) is 4.66. The Morgan fingerprint density at radius 1 is 1.12 bits per heavy atom. The van der Waals surface area contributed by atoms with Gasteiger partial charge in [0.15, 0.2) is 5.76 Å². The van der Waals surface area contributed by atoms with Crippen molar-refractivity contribution in [3.63, 3.8) is 0 Å². The highest BCUT2D eigenvalue weighted by molar-refractivity contribution is 7.97. The molecule has 26 heavy (non-hydrogen) atoms. The van der Waals surface area contributed by atoms with Crippen LogP contribution in [0.5, 0.6) is 0 Å². The number of amides is 1. The largest absolute Gasteiger partial charge is 0.455 e. The van der Waals surface area contributed by atoms with Gasteiger partial charge in [-0.3, -0.25) is 9.69 Å². The van der Waals surface area contributed by atoms with Crippen molar-refractivity contribution >= 4 is 17.7 Å². The summed E-state index contributed by atoms with van der Waals surface area (Å²) in [5.74, 6) is 2.79. The molecular weight excluding hydrogens is 344 g/mol. The summed E-state index contributed by atoms with van der Waals surface area (Å²) in [5.41, 5.74) is 1.35. The summed E-state index contributed by atoms with van der Waals surface area (Å²) >= 11 is 1.71. The van der Waals surface area contributed by atoms with Crippen molar-refractivity contribution in [2.75, 3.05) is 25.9 Å². The normalized spacial score (nSPS) is 23.2. The van der Waals surface area contributed by atoms with Crippen molar-refractivity contribution in [2.24, 2.45) is 5.92 Å². The maximum Gasteiger partial charge on any atom is 0.289 e. The van der Waals surface area contributed by atoms with Gasteiger partial charge < -0.3 is 9.32 Å². The molecule has 3 fully saturated rings. The molecule has 5 rings (SSSR count). The summed E-state index contributed by atoms with van der Waals surface area (Å²) in [7, 11) is 0. The van der Waals surface area contributed by atoms with Gasteiger partial charge >= 0.3 is 0 Å². The number of fused-ring (bicyclic) bond motifs is 4. The first-order valence-electron chi connectivity index (χ1n) is 9.38. The van der Waals surface area contributed by atoms with Gasteiger partial charge in [-0.25, -0.2) is 0 Å². The number of hydrogen-bond acceptors (Lipinski definition) is 4. The van der Waals surface area contributed by atoms with Crippen LogP contribution in [0, 0.1) is 5.92 Å². The molecule has 4 nitrogen and oxygen atoms in total. The Bertz CT molecular complexity index is 745. The molecule has 3 aliphatic rings. The zero-order valence-corrected chi connectivity index (χ0v) is 16.1. The van der Waals surface area contributed by atoms with Crippen LogP contribution in [0.25, 0.3) is 0 Å². The highest BCUT2D eigenvalue weighted by Crippen LogP contribution is 2.30. The van der Waals surface area contributed by atoms with Crippen molar-refractivity contribution in [3.05, 3.63) is 59.5 Å². The van der Waals surface area contributed by atoms with Gasteiger partial charge in [0.05, 0.1) is 5.75 Å². The number of carbonyl (C=O) groups excluding carboxylic acids is 1. The average molecular weight is 371 g/mol. The van der Waals surface area contributed by atoms with Crippen molar-refractivity contribution in [2.45, 2.75) is 31.2 Å². The molecule has 0 saturated carbocycles. The summed E-state index contributed by atoms with van der Waals surface area (Å²) in [4.78, 5) is 17.6. The molecule has 4 heterocycles. The van der Waals surface area contributed by atoms with Crippen LogP contribution in [0.2, 0.25) is 0 Å². The van der Waals surface area contributed by atoms with Crippen LogP contribution in [-0.4, -0.2) is 47.6 Å². The molecule has 1 aromatic carbocycles. The minimum Gasteiger partial charge on any atom is -0.455 e. The smallest absolute Gasteiger partial charge is 0.289 e. The second-order valence-corrected chi connectivity index (χ2v) is 8.29. The highest BCUT2D eigenvalue weighted by Gasteiger charge is 2.37. The molecule has 5 heteroatoms. The number of benzene rings is 1. The Kier molecular flexibility index (Phi) is 5.36. The van der Waals surface area contributed by atoms with E-state index in [0.717, 1.165) is 37.7 Å². The first kappa shape index (κ1) is 17.7. The van der Waals surface area contributed by atoms with Gasteiger partial charge in [0, 0.05) is 32.2 Å². The van der Waals surface area contributed by atoms with Crippen molar-refractivity contribution < 1.29 is 9.21 Å². The van der Waals surface area contributed by atoms with Crippen LogP contribution < -0.4 is 0 Å². The third-order valence-electron chi connectivity index (χ3n) is 5.50. The summed E-state index contributed by atoms with van der Waals surface area (Å²) in [6.45, 7) is 3.71. The van der Waals surface area contributed by atoms with Crippen LogP contribution in [0.4, 0.5) is 0 Å². The number of piperidine rings is 1. The monoisotopic (exact) mass is 370 g/mol. The van der Waals surface area contributed by atoms with E-state index in [1.807, 2.05) is 23.3 Å². The third kappa shape index (κ3) is 3.84. The molecule has 0 radical (unpaired) electrons. The van der Waals surface area contributed by atoms with Crippen LogP contribution in [0.1, 0.15) is 34.7 Å². The molecule has 2 aromatic rings. The van der Waals surface area contributed by atoms with Crippen molar-refractivity contribution in [3.8, 4) is 0 Å². The molecule has 0 N–H and O–H groups in total. The van der Waals surface area contributed by atoms with Gasteiger partial charge in [0.25, 0.3) is 5.91 Å². The van der Waals surface area contributed by atoms with E-state index in [4.69, 9.17) is 4.42 Å². The lowest BCUT2D eigenvalue weighted by molar-refractivity contribution is 0.0703. The third-order valence-corrected chi connectivity index (χ3v) is 6.07. The second kappa shape index (κ2) is 7.89. The van der Waals surface area contributed by atoms with E-state index in [1.165, 1.54) is 18.4 Å². The standard InChI is InChI=1S/C21H26N2O2S/c1-26-15-19-9-10-20(25-19)21(24)23-13-17-7-8-18(14-23)22(12-17)11-16-5-3-2-4-6-16/h2-6,9-10,17-18H,7-8,11-15H2,1H3/t17-,18-/m0/s1. The van der Waals surface area contributed by atoms with Crippen molar-refractivity contribution in [1.82, 2.24) is 9.80 Å². The fraction of sp³-hybridized carbons (Fsp3) is 0.476. The first-order chi connectivity index (χ1) is 12.7. The minimum atomic E-state index is 0.0517. The number of hydrogen-bond donors (Lipinski definition) is 0. The van der Waals surface area contributed by atoms with Gasteiger partial charge in [0.2, 0.25) is 0 Å². The Hall–Kier alpha value is -1.72. The van der Waals surface area contributed by atoms with Crippen molar-refractivity contribution in [1.29, 1.82) is 0 Å². The Balaban J connectivity index is 1.46. The van der Waals surface area contributed by atoms with E-state index in [0.29, 0.717) is 17.7 Å². The summed E-state index contributed by atoms with van der Waals surface area (Å²) in [6, 6.07) is 14.9. The lowest BCUT2D eigenvalue weighted by Crippen LogP contribution is -2.43. The maximum atomic E-state index is 13.0. The van der Waals surface area contributed by atoms with E-state index < -0.39 is 0 Å². The number of thioether (sulfide) groups is 1. The molecule has 0 spiro atoms. The molecule has 1 amide bonds. The average Bonchev–Trinajstić information content (AvgIpc) is 2.93. The number of carbonyl (C=O) groups is 1. The van der Waals surface area contributed by atoms with E-state index in [2.05, 4.69) is 35.2 Å². The van der Waals surface area contributed by atoms with Gasteiger partial charge in [-0.15, -0.1) is 0 Å². The van der Waals surface area contributed by atoms with Gasteiger partial charge in [0.1, 0.15) is 5.76 Å². The zero-order valence-electron chi connectivity index (χ0n) is 15.3. The molecule has 1 aromatic heterocycles. The first-order valence-corrected chi connectivity index (χ1v) is 10.8. The molecule has 3 aliphatic heterocycles.